The standard InChI is InChI=1S/C13H16ClNO2/c1-9-4-5-11(12(14)7-9)13(17)15-6-2-3-10(15)8-16/h4-5,7,10,16H,2-3,6,8H2,1H3/t10-/m0/s1. The van der Waals surface area contributed by atoms with Gasteiger partial charge in [0.05, 0.1) is 23.2 Å². The predicted octanol–water partition coefficient (Wildman–Crippen LogP) is 2.25. The SMILES string of the molecule is Cc1ccc(C(=O)N2CCC[C@H]2CO)c(Cl)c1. The number of halogens is 1. The topological polar surface area (TPSA) is 40.5 Å². The van der Waals surface area contributed by atoms with Gasteiger partial charge in [0.15, 0.2) is 0 Å². The molecule has 0 unspecified atom stereocenters. The number of aliphatic hydroxyl groups excluding tert-OH is 1. The number of carbonyl (C=O) groups is 1. The maximum Gasteiger partial charge on any atom is 0.255 e. The Morgan fingerprint density at radius 3 is 3.00 bits per heavy atom. The zero-order chi connectivity index (χ0) is 12.4. The van der Waals surface area contributed by atoms with Crippen LogP contribution in [0.2, 0.25) is 5.02 Å². The molecule has 0 aromatic heterocycles. The maximum absolute atomic E-state index is 12.3. The van der Waals surface area contributed by atoms with Crippen LogP contribution < -0.4 is 0 Å². The van der Waals surface area contributed by atoms with Crippen LogP contribution in [0.3, 0.4) is 0 Å². The van der Waals surface area contributed by atoms with Crippen LogP contribution in [-0.2, 0) is 0 Å². The lowest BCUT2D eigenvalue weighted by molar-refractivity contribution is 0.0678. The van der Waals surface area contributed by atoms with Crippen molar-refractivity contribution in [1.29, 1.82) is 0 Å². The smallest absolute Gasteiger partial charge is 0.255 e. The molecule has 0 bridgehead atoms. The highest BCUT2D eigenvalue weighted by molar-refractivity contribution is 6.33. The highest BCUT2D eigenvalue weighted by atomic mass is 35.5. The summed E-state index contributed by atoms with van der Waals surface area (Å²) in [7, 11) is 0. The molecule has 1 aromatic carbocycles. The Balaban J connectivity index is 2.24. The number of likely N-dealkylation sites (tertiary alicyclic amines) is 1. The first kappa shape index (κ1) is 12.4. The van der Waals surface area contributed by atoms with Crippen molar-refractivity contribution in [3.63, 3.8) is 0 Å². The van der Waals surface area contributed by atoms with E-state index in [1.54, 1.807) is 17.0 Å². The normalized spacial score (nSPS) is 19.7. The molecule has 0 radical (unpaired) electrons. The van der Waals surface area contributed by atoms with Crippen LogP contribution in [0.4, 0.5) is 0 Å². The maximum atomic E-state index is 12.3. The number of aryl methyl sites for hydroxylation is 1. The van der Waals surface area contributed by atoms with Gasteiger partial charge < -0.3 is 10.0 Å². The molecule has 0 aliphatic carbocycles. The van der Waals surface area contributed by atoms with Crippen LogP contribution in [-0.4, -0.2) is 35.1 Å². The van der Waals surface area contributed by atoms with Gasteiger partial charge in [-0.2, -0.15) is 0 Å². The van der Waals surface area contributed by atoms with Gasteiger partial charge in [0.25, 0.3) is 5.91 Å². The molecule has 1 N–H and O–H groups in total. The van der Waals surface area contributed by atoms with E-state index in [4.69, 9.17) is 11.6 Å². The summed E-state index contributed by atoms with van der Waals surface area (Å²) >= 11 is 6.08. The summed E-state index contributed by atoms with van der Waals surface area (Å²) in [5.74, 6) is -0.0773. The molecule has 1 fully saturated rings. The number of aliphatic hydroxyl groups is 1. The zero-order valence-electron chi connectivity index (χ0n) is 9.82. The van der Waals surface area contributed by atoms with Gasteiger partial charge in [0.2, 0.25) is 0 Å². The molecule has 3 nitrogen and oxygen atoms in total. The van der Waals surface area contributed by atoms with Crippen LogP contribution in [0.5, 0.6) is 0 Å². The predicted molar refractivity (Wildman–Crippen MR) is 67.3 cm³/mol. The number of benzene rings is 1. The van der Waals surface area contributed by atoms with Crippen molar-refractivity contribution in [2.45, 2.75) is 25.8 Å². The van der Waals surface area contributed by atoms with Crippen LogP contribution in [0.1, 0.15) is 28.8 Å². The molecule has 1 aromatic rings. The molecule has 0 saturated carbocycles. The lowest BCUT2D eigenvalue weighted by Crippen LogP contribution is -2.37. The Morgan fingerprint density at radius 1 is 1.59 bits per heavy atom. The van der Waals surface area contributed by atoms with Crippen LogP contribution >= 0.6 is 11.6 Å². The summed E-state index contributed by atoms with van der Waals surface area (Å²) in [6.45, 7) is 2.66. The van der Waals surface area contributed by atoms with Crippen molar-refractivity contribution in [2.24, 2.45) is 0 Å². The highest BCUT2D eigenvalue weighted by Gasteiger charge is 2.29. The van der Waals surface area contributed by atoms with E-state index in [2.05, 4.69) is 0 Å². The lowest BCUT2D eigenvalue weighted by atomic mass is 10.1. The second kappa shape index (κ2) is 5.07. The van der Waals surface area contributed by atoms with Gasteiger partial charge in [0, 0.05) is 6.54 Å². The molecule has 4 heteroatoms. The van der Waals surface area contributed by atoms with Gasteiger partial charge in [0.1, 0.15) is 0 Å². The number of hydrogen-bond donors (Lipinski definition) is 1. The Morgan fingerprint density at radius 2 is 2.35 bits per heavy atom. The molecule has 1 amide bonds. The Labute approximate surface area is 106 Å². The monoisotopic (exact) mass is 253 g/mol. The number of amides is 1. The lowest BCUT2D eigenvalue weighted by Gasteiger charge is -2.23. The third-order valence-electron chi connectivity index (χ3n) is 3.20. The van der Waals surface area contributed by atoms with Crippen molar-refractivity contribution in [2.75, 3.05) is 13.2 Å². The summed E-state index contributed by atoms with van der Waals surface area (Å²) in [5.41, 5.74) is 1.56. The number of rotatable bonds is 2. The average molecular weight is 254 g/mol. The second-order valence-corrected chi connectivity index (χ2v) is 4.87. The van der Waals surface area contributed by atoms with E-state index >= 15 is 0 Å². The minimum absolute atomic E-state index is 0.0230. The molecule has 1 saturated heterocycles. The third-order valence-corrected chi connectivity index (χ3v) is 3.52. The Hall–Kier alpha value is -1.06. The quantitative estimate of drug-likeness (QED) is 0.878. The van der Waals surface area contributed by atoms with Crippen LogP contribution in [0, 0.1) is 6.92 Å². The first-order valence-corrected chi connectivity index (χ1v) is 6.19. The van der Waals surface area contributed by atoms with Gasteiger partial charge >= 0.3 is 0 Å². The number of carbonyl (C=O) groups excluding carboxylic acids is 1. The summed E-state index contributed by atoms with van der Waals surface area (Å²) in [6.07, 6.45) is 1.81. The number of nitrogens with zero attached hydrogens (tertiary/aromatic N) is 1. The molecule has 1 atom stereocenters. The average Bonchev–Trinajstić information content (AvgIpc) is 2.76. The molecule has 0 spiro atoms. The third kappa shape index (κ3) is 2.45. The molecule has 1 heterocycles. The van der Waals surface area contributed by atoms with Gasteiger partial charge in [-0.3, -0.25) is 4.79 Å². The summed E-state index contributed by atoms with van der Waals surface area (Å²) in [6, 6.07) is 5.37. The van der Waals surface area contributed by atoms with Crippen molar-refractivity contribution in [3.05, 3.63) is 34.3 Å². The van der Waals surface area contributed by atoms with E-state index in [-0.39, 0.29) is 18.6 Å². The van der Waals surface area contributed by atoms with Crippen LogP contribution in [0.15, 0.2) is 18.2 Å². The van der Waals surface area contributed by atoms with Crippen LogP contribution in [0.25, 0.3) is 0 Å². The molecule has 92 valence electrons. The fraction of sp³-hybridized carbons (Fsp3) is 0.462. The van der Waals surface area contributed by atoms with Crippen molar-refractivity contribution < 1.29 is 9.90 Å². The molecule has 17 heavy (non-hydrogen) atoms. The van der Waals surface area contributed by atoms with Gasteiger partial charge in [-0.15, -0.1) is 0 Å². The summed E-state index contributed by atoms with van der Waals surface area (Å²) < 4.78 is 0. The fourth-order valence-corrected chi connectivity index (χ4v) is 2.56. The van der Waals surface area contributed by atoms with E-state index in [1.807, 2.05) is 13.0 Å². The van der Waals surface area contributed by atoms with E-state index < -0.39 is 0 Å². The Kier molecular flexibility index (Phi) is 3.69. The first-order chi connectivity index (χ1) is 8.13. The molecule has 2 rings (SSSR count). The minimum Gasteiger partial charge on any atom is -0.394 e. The van der Waals surface area contributed by atoms with E-state index in [9.17, 15) is 9.90 Å². The van der Waals surface area contributed by atoms with E-state index in [0.29, 0.717) is 17.1 Å². The van der Waals surface area contributed by atoms with E-state index in [1.165, 1.54) is 0 Å². The molecular weight excluding hydrogens is 238 g/mol. The van der Waals surface area contributed by atoms with Crippen molar-refractivity contribution >= 4 is 17.5 Å². The number of hydrogen-bond acceptors (Lipinski definition) is 2. The summed E-state index contributed by atoms with van der Waals surface area (Å²) in [5, 5.41) is 9.70. The molecular formula is C13H16ClNO2. The van der Waals surface area contributed by atoms with E-state index in [0.717, 1.165) is 18.4 Å². The largest absolute Gasteiger partial charge is 0.394 e. The van der Waals surface area contributed by atoms with Gasteiger partial charge in [-0.25, -0.2) is 0 Å². The van der Waals surface area contributed by atoms with Gasteiger partial charge in [-0.05, 0) is 37.5 Å². The molecule has 1 aliphatic heterocycles. The van der Waals surface area contributed by atoms with Crippen molar-refractivity contribution in [1.82, 2.24) is 4.90 Å². The summed E-state index contributed by atoms with van der Waals surface area (Å²) in [4.78, 5) is 14.0. The zero-order valence-corrected chi connectivity index (χ0v) is 10.6. The van der Waals surface area contributed by atoms with Gasteiger partial charge in [-0.1, -0.05) is 17.7 Å². The first-order valence-electron chi connectivity index (χ1n) is 5.81. The van der Waals surface area contributed by atoms with Crippen molar-refractivity contribution in [3.8, 4) is 0 Å². The second-order valence-electron chi connectivity index (χ2n) is 4.46. The minimum atomic E-state index is -0.0773. The highest BCUT2D eigenvalue weighted by Crippen LogP contribution is 2.24. The molecule has 1 aliphatic rings. The fourth-order valence-electron chi connectivity index (χ4n) is 2.24. The Bertz CT molecular complexity index is 433.